The lowest BCUT2D eigenvalue weighted by Crippen LogP contribution is -2.05. The predicted molar refractivity (Wildman–Crippen MR) is 37.8 cm³/mol. The lowest BCUT2D eigenvalue weighted by Gasteiger charge is -1.97. The van der Waals surface area contributed by atoms with Crippen molar-refractivity contribution in [3.05, 3.63) is 16.4 Å². The zero-order valence-electron chi connectivity index (χ0n) is 6.33. The number of carbonyl (C=O) groups is 1. The van der Waals surface area contributed by atoms with Crippen LogP contribution in [-0.2, 0) is 9.53 Å². The number of ether oxygens (including phenoxy) is 1. The second kappa shape index (κ2) is 4.43. The van der Waals surface area contributed by atoms with Crippen LogP contribution in [0, 0.1) is 4.91 Å². The molecular weight excluding hydrogens is 150 g/mol. The number of allylic oxidation sites excluding steroid dienone is 1. The van der Waals surface area contributed by atoms with Crippen LogP contribution < -0.4 is 0 Å². The summed E-state index contributed by atoms with van der Waals surface area (Å²) in [4.78, 5) is 20.5. The van der Waals surface area contributed by atoms with Crippen molar-refractivity contribution < 1.29 is 14.6 Å². The normalized spacial score (nSPS) is 11.8. The van der Waals surface area contributed by atoms with Crippen molar-refractivity contribution >= 4 is 5.97 Å². The molecule has 11 heavy (non-hydrogen) atoms. The highest BCUT2D eigenvalue weighted by atomic mass is 16.5. The quantitative estimate of drug-likeness (QED) is 0.289. The summed E-state index contributed by atoms with van der Waals surface area (Å²) in [7, 11) is 1.11. The number of hydrogen-bond donors (Lipinski definition) is 1. The van der Waals surface area contributed by atoms with Crippen LogP contribution in [0.5, 0.6) is 0 Å². The summed E-state index contributed by atoms with van der Waals surface area (Å²) < 4.78 is 4.18. The molecule has 0 fully saturated rings. The van der Waals surface area contributed by atoms with Crippen LogP contribution in [0.15, 0.2) is 16.6 Å². The van der Waals surface area contributed by atoms with E-state index >= 15 is 0 Å². The predicted octanol–water partition coefficient (Wildman–Crippen LogP) is 1.11. The molecule has 62 valence electrons. The molecule has 0 saturated heterocycles. The van der Waals surface area contributed by atoms with Gasteiger partial charge in [-0.25, -0.2) is 4.79 Å². The second-order valence-electron chi connectivity index (χ2n) is 1.73. The minimum atomic E-state index is -0.917. The summed E-state index contributed by atoms with van der Waals surface area (Å²) in [6, 6.07) is 0. The number of rotatable bonds is 3. The van der Waals surface area contributed by atoms with Crippen molar-refractivity contribution in [2.75, 3.05) is 7.11 Å². The maximum Gasteiger partial charge on any atom is 0.363 e. The molecule has 0 radical (unpaired) electrons. The topological polar surface area (TPSA) is 76.0 Å². The molecule has 0 saturated carbocycles. The van der Waals surface area contributed by atoms with Crippen molar-refractivity contribution in [1.29, 1.82) is 0 Å². The molecule has 0 aliphatic rings. The Labute approximate surface area is 63.6 Å². The molecule has 0 unspecified atom stereocenters. The first-order valence-corrected chi connectivity index (χ1v) is 3.01. The van der Waals surface area contributed by atoms with E-state index in [1.807, 2.05) is 0 Å². The van der Waals surface area contributed by atoms with Crippen molar-refractivity contribution in [2.24, 2.45) is 5.18 Å². The van der Waals surface area contributed by atoms with Gasteiger partial charge in [0.05, 0.1) is 7.11 Å². The van der Waals surface area contributed by atoms with Gasteiger partial charge in [0.1, 0.15) is 5.76 Å². The molecule has 0 aromatic heterocycles. The van der Waals surface area contributed by atoms with E-state index in [1.54, 1.807) is 6.92 Å². The van der Waals surface area contributed by atoms with Crippen LogP contribution in [0.3, 0.4) is 0 Å². The van der Waals surface area contributed by atoms with Crippen LogP contribution in [-0.4, -0.2) is 18.2 Å². The van der Waals surface area contributed by atoms with Crippen molar-refractivity contribution in [3.63, 3.8) is 0 Å². The van der Waals surface area contributed by atoms with Crippen LogP contribution in [0.4, 0.5) is 0 Å². The fourth-order valence-electron chi connectivity index (χ4n) is 0.472. The molecule has 0 atom stereocenters. The summed E-state index contributed by atoms with van der Waals surface area (Å²) in [5, 5.41) is 11.2. The lowest BCUT2D eigenvalue weighted by atomic mass is 10.3. The number of carbonyl (C=O) groups excluding carboxylic acids is 1. The van der Waals surface area contributed by atoms with Gasteiger partial charge in [0.25, 0.3) is 0 Å². The van der Waals surface area contributed by atoms with E-state index in [1.165, 1.54) is 0 Å². The molecule has 5 heteroatoms. The third kappa shape index (κ3) is 2.37. The van der Waals surface area contributed by atoms with Gasteiger partial charge in [0, 0.05) is 6.42 Å². The number of methoxy groups -OCH3 is 1. The van der Waals surface area contributed by atoms with Gasteiger partial charge in [-0.2, -0.15) is 0 Å². The fraction of sp³-hybridized carbons (Fsp3) is 0.500. The first-order valence-electron chi connectivity index (χ1n) is 3.01. The highest BCUT2D eigenvalue weighted by Crippen LogP contribution is 2.07. The monoisotopic (exact) mass is 159 g/mol. The number of aliphatic hydroxyl groups excluding tert-OH is 1. The number of nitroso groups, excluding NO2 is 1. The zero-order valence-corrected chi connectivity index (χ0v) is 6.33. The Morgan fingerprint density at radius 2 is 2.18 bits per heavy atom. The number of esters is 1. The summed E-state index contributed by atoms with van der Waals surface area (Å²) >= 11 is 0. The molecule has 0 rings (SSSR count). The number of hydrogen-bond acceptors (Lipinski definition) is 5. The Bertz CT molecular complexity index is 197. The first kappa shape index (κ1) is 9.61. The van der Waals surface area contributed by atoms with Crippen molar-refractivity contribution in [2.45, 2.75) is 13.3 Å². The molecule has 0 aliphatic heterocycles. The largest absolute Gasteiger partial charge is 0.510 e. The van der Waals surface area contributed by atoms with E-state index in [0.717, 1.165) is 7.11 Å². The second-order valence-corrected chi connectivity index (χ2v) is 1.73. The van der Waals surface area contributed by atoms with E-state index in [-0.39, 0.29) is 12.2 Å². The maximum atomic E-state index is 10.6. The van der Waals surface area contributed by atoms with Gasteiger partial charge < -0.3 is 9.84 Å². The van der Waals surface area contributed by atoms with Crippen LogP contribution >= 0.6 is 0 Å². The lowest BCUT2D eigenvalue weighted by molar-refractivity contribution is -0.136. The average Bonchev–Trinajstić information content (AvgIpc) is 2.05. The average molecular weight is 159 g/mol. The highest BCUT2D eigenvalue weighted by Gasteiger charge is 2.14. The molecular formula is C6H9NO4. The first-order chi connectivity index (χ1) is 5.17. The van der Waals surface area contributed by atoms with Gasteiger partial charge >= 0.3 is 5.97 Å². The van der Waals surface area contributed by atoms with Gasteiger partial charge in [-0.1, -0.05) is 6.92 Å². The molecule has 5 nitrogen and oxygen atoms in total. The van der Waals surface area contributed by atoms with E-state index < -0.39 is 11.7 Å². The molecule has 0 aromatic carbocycles. The van der Waals surface area contributed by atoms with E-state index in [2.05, 4.69) is 9.91 Å². The Kier molecular flexibility index (Phi) is 3.87. The van der Waals surface area contributed by atoms with Gasteiger partial charge in [-0.15, -0.1) is 4.91 Å². The summed E-state index contributed by atoms with van der Waals surface area (Å²) in [6.45, 7) is 1.59. The van der Waals surface area contributed by atoms with E-state index in [9.17, 15) is 9.70 Å². The van der Waals surface area contributed by atoms with Gasteiger partial charge in [-0.3, -0.25) is 0 Å². The molecule has 0 amide bonds. The SMILES string of the molecule is CC/C(O)=C(/N=O)C(=O)OC. The van der Waals surface area contributed by atoms with E-state index in [0.29, 0.717) is 0 Å². The molecule has 0 aromatic rings. The fourth-order valence-corrected chi connectivity index (χ4v) is 0.472. The molecule has 0 aliphatic carbocycles. The zero-order chi connectivity index (χ0) is 8.85. The van der Waals surface area contributed by atoms with Crippen LogP contribution in [0.1, 0.15) is 13.3 Å². The standard InChI is InChI=1S/C6H9NO4/c1-3-4(8)5(7-10)6(9)11-2/h8H,3H2,1-2H3/b5-4-. The summed E-state index contributed by atoms with van der Waals surface area (Å²) in [5.74, 6) is -1.27. The van der Waals surface area contributed by atoms with Gasteiger partial charge in [-0.05, 0) is 5.18 Å². The van der Waals surface area contributed by atoms with Crippen molar-refractivity contribution in [1.82, 2.24) is 0 Å². The Hall–Kier alpha value is -1.39. The highest BCUT2D eigenvalue weighted by molar-refractivity contribution is 5.88. The van der Waals surface area contributed by atoms with Gasteiger partial charge in [0.2, 0.25) is 5.70 Å². The molecule has 0 spiro atoms. The minimum Gasteiger partial charge on any atom is -0.510 e. The number of aliphatic hydroxyl groups is 1. The Balaban J connectivity index is 4.64. The van der Waals surface area contributed by atoms with Crippen LogP contribution in [0.25, 0.3) is 0 Å². The van der Waals surface area contributed by atoms with Gasteiger partial charge in [0.15, 0.2) is 0 Å². The molecule has 0 heterocycles. The van der Waals surface area contributed by atoms with Crippen LogP contribution in [0.2, 0.25) is 0 Å². The minimum absolute atomic E-state index is 0.177. The smallest absolute Gasteiger partial charge is 0.363 e. The summed E-state index contributed by atoms with van der Waals surface area (Å²) in [6.07, 6.45) is 0.177. The third-order valence-electron chi connectivity index (χ3n) is 1.08. The third-order valence-corrected chi connectivity index (χ3v) is 1.08. The number of nitrogens with zero attached hydrogens (tertiary/aromatic N) is 1. The van der Waals surface area contributed by atoms with E-state index in [4.69, 9.17) is 5.11 Å². The molecule has 0 bridgehead atoms. The molecule has 1 N–H and O–H groups in total. The van der Waals surface area contributed by atoms with Crippen molar-refractivity contribution in [3.8, 4) is 0 Å². The maximum absolute atomic E-state index is 10.6. The Morgan fingerprint density at radius 1 is 1.64 bits per heavy atom. The summed E-state index contributed by atoms with van der Waals surface area (Å²) in [5.41, 5.74) is -0.560. The Morgan fingerprint density at radius 3 is 2.45 bits per heavy atom.